The quantitative estimate of drug-likeness (QED) is 0.661. The largest absolute Gasteiger partial charge is 0.294 e. The maximum Gasteiger partial charge on any atom is 0.161 e. The number of rotatable bonds is 1. The number of Topliss-reactive ketones (excluding diaryl/α,β-unsaturated/α-hetero) is 1. The Labute approximate surface area is 88.1 Å². The zero-order valence-corrected chi connectivity index (χ0v) is 9.06. The Bertz CT molecular complexity index is 362. The van der Waals surface area contributed by atoms with Gasteiger partial charge in [-0.3, -0.25) is 9.78 Å². The van der Waals surface area contributed by atoms with Gasteiger partial charge in [0.25, 0.3) is 0 Å². The van der Waals surface area contributed by atoms with Crippen molar-refractivity contribution in [3.8, 4) is 0 Å². The van der Waals surface area contributed by atoms with Gasteiger partial charge in [0.15, 0.2) is 5.78 Å². The van der Waals surface area contributed by atoms with Crippen LogP contribution in [0.3, 0.4) is 0 Å². The van der Waals surface area contributed by atoms with Gasteiger partial charge in [-0.15, -0.1) is 0 Å². The van der Waals surface area contributed by atoms with Gasteiger partial charge >= 0.3 is 0 Å². The molecule has 74 valence electrons. The van der Waals surface area contributed by atoms with Crippen molar-refractivity contribution in [2.45, 2.75) is 19.8 Å². The van der Waals surface area contributed by atoms with E-state index in [1.807, 2.05) is 17.8 Å². The Kier molecular flexibility index (Phi) is 2.87. The molecule has 2 nitrogen and oxygen atoms in total. The zero-order valence-electron chi connectivity index (χ0n) is 8.25. The highest BCUT2D eigenvalue weighted by Gasteiger charge is 2.11. The van der Waals surface area contributed by atoms with Crippen LogP contribution in [0, 0.1) is 0 Å². The summed E-state index contributed by atoms with van der Waals surface area (Å²) >= 11 is 1.96. The number of carbonyl (C=O) groups excluding carboxylic acids is 1. The molecule has 0 bridgehead atoms. The van der Waals surface area contributed by atoms with Crippen molar-refractivity contribution in [3.05, 3.63) is 29.1 Å². The van der Waals surface area contributed by atoms with Crippen LogP contribution in [-0.4, -0.2) is 22.3 Å². The van der Waals surface area contributed by atoms with E-state index < -0.39 is 0 Å². The summed E-state index contributed by atoms with van der Waals surface area (Å²) in [5.74, 6) is 2.41. The molecule has 0 fully saturated rings. The minimum Gasteiger partial charge on any atom is -0.294 e. The number of pyridine rings is 1. The second-order valence-corrected chi connectivity index (χ2v) is 4.72. The van der Waals surface area contributed by atoms with E-state index in [1.54, 1.807) is 13.1 Å². The lowest BCUT2D eigenvalue weighted by atomic mass is 10.1. The van der Waals surface area contributed by atoms with Crippen LogP contribution in [0.15, 0.2) is 12.3 Å². The van der Waals surface area contributed by atoms with Gasteiger partial charge in [-0.1, -0.05) is 0 Å². The molecule has 0 saturated carbocycles. The van der Waals surface area contributed by atoms with Crippen molar-refractivity contribution >= 4 is 17.5 Å². The van der Waals surface area contributed by atoms with Crippen molar-refractivity contribution < 1.29 is 4.79 Å². The number of hydrogen-bond acceptors (Lipinski definition) is 3. The average Bonchev–Trinajstić information content (AvgIpc) is 2.41. The van der Waals surface area contributed by atoms with Crippen LogP contribution in [0.1, 0.15) is 28.5 Å². The van der Waals surface area contributed by atoms with Crippen LogP contribution in [0.25, 0.3) is 0 Å². The van der Waals surface area contributed by atoms with Crippen molar-refractivity contribution in [2.75, 3.05) is 11.5 Å². The van der Waals surface area contributed by atoms with E-state index in [2.05, 4.69) is 4.98 Å². The van der Waals surface area contributed by atoms with Crippen molar-refractivity contribution in [3.63, 3.8) is 0 Å². The number of carbonyl (C=O) groups is 1. The molecule has 0 aliphatic carbocycles. The third kappa shape index (κ3) is 1.98. The first-order chi connectivity index (χ1) is 6.77. The molecule has 2 heterocycles. The Hall–Kier alpha value is -0.830. The fourth-order valence-corrected chi connectivity index (χ4v) is 2.53. The molecule has 0 radical (unpaired) electrons. The summed E-state index contributed by atoms with van der Waals surface area (Å²) < 4.78 is 0. The molecule has 2 rings (SSSR count). The fourth-order valence-electron chi connectivity index (χ4n) is 1.63. The number of nitrogens with zero attached hydrogens (tertiary/aromatic N) is 1. The molecule has 0 atom stereocenters. The number of thioether (sulfide) groups is 1. The molecule has 0 spiro atoms. The lowest BCUT2D eigenvalue weighted by Crippen LogP contribution is -2.01. The van der Waals surface area contributed by atoms with E-state index in [1.165, 1.54) is 11.3 Å². The Balaban J connectivity index is 2.37. The lowest BCUT2D eigenvalue weighted by molar-refractivity contribution is 0.101. The van der Waals surface area contributed by atoms with E-state index in [0.29, 0.717) is 0 Å². The molecule has 0 amide bonds. The van der Waals surface area contributed by atoms with Crippen LogP contribution in [0.5, 0.6) is 0 Å². The topological polar surface area (TPSA) is 30.0 Å². The normalized spacial score (nSPS) is 15.8. The molecule has 0 unspecified atom stereocenters. The van der Waals surface area contributed by atoms with Gasteiger partial charge < -0.3 is 0 Å². The van der Waals surface area contributed by atoms with E-state index >= 15 is 0 Å². The van der Waals surface area contributed by atoms with Gasteiger partial charge in [-0.25, -0.2) is 0 Å². The Morgan fingerprint density at radius 1 is 1.43 bits per heavy atom. The highest BCUT2D eigenvalue weighted by molar-refractivity contribution is 7.99. The van der Waals surface area contributed by atoms with Gasteiger partial charge in [-0.05, 0) is 42.9 Å². The Morgan fingerprint density at radius 3 is 3.00 bits per heavy atom. The van der Waals surface area contributed by atoms with Crippen molar-refractivity contribution in [1.82, 2.24) is 4.98 Å². The van der Waals surface area contributed by atoms with Crippen molar-refractivity contribution in [1.29, 1.82) is 0 Å². The van der Waals surface area contributed by atoms with Crippen LogP contribution in [0.2, 0.25) is 0 Å². The molecular weight excluding hydrogens is 194 g/mol. The molecule has 1 aliphatic rings. The van der Waals surface area contributed by atoms with Crippen LogP contribution in [0.4, 0.5) is 0 Å². The monoisotopic (exact) mass is 207 g/mol. The number of fused-ring (bicyclic) bond motifs is 1. The van der Waals surface area contributed by atoms with Gasteiger partial charge in [0, 0.05) is 17.5 Å². The summed E-state index contributed by atoms with van der Waals surface area (Å²) in [5.41, 5.74) is 3.19. The molecule has 0 saturated heterocycles. The molecule has 3 heteroatoms. The van der Waals surface area contributed by atoms with Crippen LogP contribution in [-0.2, 0) is 12.8 Å². The zero-order chi connectivity index (χ0) is 9.97. The summed E-state index contributed by atoms with van der Waals surface area (Å²) in [6.45, 7) is 1.59. The van der Waals surface area contributed by atoms with E-state index in [4.69, 9.17) is 0 Å². The molecule has 0 N–H and O–H groups in total. The van der Waals surface area contributed by atoms with Gasteiger partial charge in [0.1, 0.15) is 0 Å². The first-order valence-electron chi connectivity index (χ1n) is 4.84. The van der Waals surface area contributed by atoms with Crippen LogP contribution < -0.4 is 0 Å². The average molecular weight is 207 g/mol. The van der Waals surface area contributed by atoms with Gasteiger partial charge in [0.05, 0.1) is 0 Å². The summed E-state index contributed by atoms with van der Waals surface area (Å²) in [7, 11) is 0. The number of ketones is 1. The summed E-state index contributed by atoms with van der Waals surface area (Å²) in [5, 5.41) is 0. The van der Waals surface area contributed by atoms with Gasteiger partial charge in [-0.2, -0.15) is 11.8 Å². The maximum atomic E-state index is 11.2. The summed E-state index contributed by atoms with van der Waals surface area (Å²) in [6.07, 6.45) is 3.80. The minimum atomic E-state index is 0.109. The number of aromatic nitrogens is 1. The number of hydrogen-bond donors (Lipinski definition) is 0. The van der Waals surface area contributed by atoms with Crippen LogP contribution >= 0.6 is 11.8 Å². The van der Waals surface area contributed by atoms with Crippen molar-refractivity contribution in [2.24, 2.45) is 0 Å². The highest BCUT2D eigenvalue weighted by atomic mass is 32.2. The molecule has 1 aliphatic heterocycles. The smallest absolute Gasteiger partial charge is 0.161 e. The Morgan fingerprint density at radius 2 is 2.21 bits per heavy atom. The predicted molar refractivity (Wildman–Crippen MR) is 59.0 cm³/mol. The highest BCUT2D eigenvalue weighted by Crippen LogP contribution is 2.19. The molecule has 14 heavy (non-hydrogen) atoms. The first-order valence-corrected chi connectivity index (χ1v) is 5.99. The standard InChI is InChI=1S/C11H13NOS/c1-8(13)10-6-9-2-4-14-5-3-11(9)12-7-10/h6-7H,2-5H2,1H3. The molecular formula is C11H13NOS. The predicted octanol–water partition coefficient (Wildman–Crippen LogP) is 2.12. The third-order valence-corrected chi connectivity index (χ3v) is 3.45. The summed E-state index contributed by atoms with van der Waals surface area (Å²) in [6, 6.07) is 2.01. The lowest BCUT2D eigenvalue weighted by Gasteiger charge is -2.04. The third-order valence-electron chi connectivity index (χ3n) is 2.47. The molecule has 1 aromatic heterocycles. The number of aryl methyl sites for hydroxylation is 2. The molecule has 1 aromatic rings. The summed E-state index contributed by atoms with van der Waals surface area (Å²) in [4.78, 5) is 15.5. The minimum absolute atomic E-state index is 0.109. The maximum absolute atomic E-state index is 11.2. The first kappa shape index (κ1) is 9.71. The second-order valence-electron chi connectivity index (χ2n) is 3.50. The van der Waals surface area contributed by atoms with Gasteiger partial charge in [0.2, 0.25) is 0 Å². The second kappa shape index (κ2) is 4.13. The van der Waals surface area contributed by atoms with E-state index in [0.717, 1.165) is 29.9 Å². The van der Waals surface area contributed by atoms with E-state index in [9.17, 15) is 4.79 Å². The van der Waals surface area contributed by atoms with E-state index in [-0.39, 0.29) is 5.78 Å². The fraction of sp³-hybridized carbons (Fsp3) is 0.455. The SMILES string of the molecule is CC(=O)c1cnc2c(c1)CCSCC2. The molecule has 0 aromatic carbocycles.